The number of hydrogen-bond donors (Lipinski definition) is 2. The van der Waals surface area contributed by atoms with Gasteiger partial charge in [-0.2, -0.15) is 0 Å². The van der Waals surface area contributed by atoms with Crippen LogP contribution in [0.4, 0.5) is 10.1 Å². The highest BCUT2D eigenvalue weighted by atomic mass is 19.1. The van der Waals surface area contributed by atoms with E-state index in [1.807, 2.05) is 47.9 Å². The fourth-order valence-corrected chi connectivity index (χ4v) is 4.63. The average molecular weight is 515 g/mol. The molecule has 2 amide bonds. The van der Waals surface area contributed by atoms with E-state index in [0.717, 1.165) is 41.7 Å². The number of ether oxygens (including phenoxy) is 1. The zero-order chi connectivity index (χ0) is 26.5. The number of benzene rings is 3. The second-order valence-corrected chi connectivity index (χ2v) is 9.55. The number of anilines is 1. The molecule has 38 heavy (non-hydrogen) atoms. The summed E-state index contributed by atoms with van der Waals surface area (Å²) in [6.07, 6.45) is 0. The molecule has 0 radical (unpaired) electrons. The van der Waals surface area contributed by atoms with Crippen LogP contribution in [0, 0.1) is 12.7 Å². The molecule has 2 heterocycles. The summed E-state index contributed by atoms with van der Waals surface area (Å²) in [7, 11) is 0. The van der Waals surface area contributed by atoms with Crippen molar-refractivity contribution in [2.45, 2.75) is 13.5 Å². The minimum atomic E-state index is -0.304. The molecule has 1 fully saturated rings. The number of hydrogen-bond acceptors (Lipinski definition) is 4. The number of halogens is 1. The van der Waals surface area contributed by atoms with Gasteiger partial charge in [-0.25, -0.2) is 4.39 Å². The third kappa shape index (κ3) is 6.10. The largest absolute Gasteiger partial charge is 0.379 e. The Balaban J connectivity index is 1.38. The van der Waals surface area contributed by atoms with Gasteiger partial charge in [0.2, 0.25) is 0 Å². The topological polar surface area (TPSA) is 75.6 Å². The number of rotatable bonds is 8. The molecule has 4 aromatic rings. The molecule has 0 atom stereocenters. The second-order valence-electron chi connectivity index (χ2n) is 9.55. The van der Waals surface area contributed by atoms with E-state index in [2.05, 4.69) is 15.5 Å². The fraction of sp³-hybridized carbons (Fsp3) is 0.267. The van der Waals surface area contributed by atoms with Crippen molar-refractivity contribution in [3.05, 3.63) is 101 Å². The Hall–Kier alpha value is -4.01. The predicted molar refractivity (Wildman–Crippen MR) is 146 cm³/mol. The van der Waals surface area contributed by atoms with Gasteiger partial charge in [0, 0.05) is 54.9 Å². The van der Waals surface area contributed by atoms with Gasteiger partial charge in [0.1, 0.15) is 11.5 Å². The van der Waals surface area contributed by atoms with Crippen LogP contribution >= 0.6 is 0 Å². The SMILES string of the molecule is Cc1ccc(C(=O)Nc2ccc3c(c2)cc(C(=O)NCCN2CCOCC2)n3Cc2ccc(F)cc2)cc1. The lowest BCUT2D eigenvalue weighted by atomic mass is 10.1. The molecule has 0 aliphatic carbocycles. The maximum absolute atomic E-state index is 13.5. The number of morpholine rings is 1. The molecule has 3 aromatic carbocycles. The van der Waals surface area contributed by atoms with E-state index in [0.29, 0.717) is 43.2 Å². The Morgan fingerprint density at radius 3 is 2.39 bits per heavy atom. The van der Waals surface area contributed by atoms with E-state index in [1.165, 1.54) is 12.1 Å². The van der Waals surface area contributed by atoms with Crippen molar-refractivity contribution in [2.24, 2.45) is 0 Å². The van der Waals surface area contributed by atoms with Gasteiger partial charge in [-0.3, -0.25) is 14.5 Å². The maximum Gasteiger partial charge on any atom is 0.267 e. The summed E-state index contributed by atoms with van der Waals surface area (Å²) in [6.45, 7) is 6.80. The van der Waals surface area contributed by atoms with Crippen LogP contribution < -0.4 is 10.6 Å². The summed E-state index contributed by atoms with van der Waals surface area (Å²) in [5.41, 5.74) is 4.53. The van der Waals surface area contributed by atoms with Crippen LogP contribution in [-0.2, 0) is 11.3 Å². The highest BCUT2D eigenvalue weighted by Gasteiger charge is 2.18. The molecule has 7 nitrogen and oxygen atoms in total. The number of nitrogens with one attached hydrogen (secondary N) is 2. The Labute approximate surface area is 221 Å². The zero-order valence-corrected chi connectivity index (χ0v) is 21.4. The van der Waals surface area contributed by atoms with E-state index in [1.54, 1.807) is 24.3 Å². The second kappa shape index (κ2) is 11.6. The van der Waals surface area contributed by atoms with Crippen LogP contribution in [0.25, 0.3) is 10.9 Å². The molecule has 8 heteroatoms. The Morgan fingerprint density at radius 2 is 1.66 bits per heavy atom. The lowest BCUT2D eigenvalue weighted by Gasteiger charge is -2.26. The molecular formula is C30H31FN4O3. The molecule has 1 saturated heterocycles. The summed E-state index contributed by atoms with van der Waals surface area (Å²) in [5.74, 6) is -0.681. The molecule has 0 saturated carbocycles. The van der Waals surface area contributed by atoms with Gasteiger partial charge in [-0.05, 0) is 61.0 Å². The number of carbonyl (C=O) groups excluding carboxylic acids is 2. The number of amides is 2. The molecule has 1 aliphatic heterocycles. The molecule has 2 N–H and O–H groups in total. The third-order valence-corrected chi connectivity index (χ3v) is 6.78. The third-order valence-electron chi connectivity index (χ3n) is 6.78. The van der Waals surface area contributed by atoms with E-state index >= 15 is 0 Å². The molecular weight excluding hydrogens is 483 g/mol. The zero-order valence-electron chi connectivity index (χ0n) is 21.4. The number of aromatic nitrogens is 1. The van der Waals surface area contributed by atoms with E-state index in [9.17, 15) is 14.0 Å². The first-order valence-electron chi connectivity index (χ1n) is 12.8. The Morgan fingerprint density at radius 1 is 0.921 bits per heavy atom. The van der Waals surface area contributed by atoms with Crippen molar-refractivity contribution in [3.8, 4) is 0 Å². The number of carbonyl (C=O) groups is 2. The number of fused-ring (bicyclic) bond motifs is 1. The van der Waals surface area contributed by atoms with Gasteiger partial charge in [0.05, 0.1) is 13.2 Å². The molecule has 0 spiro atoms. The summed E-state index contributed by atoms with van der Waals surface area (Å²) in [5, 5.41) is 6.82. The van der Waals surface area contributed by atoms with Gasteiger partial charge in [-0.15, -0.1) is 0 Å². The number of aryl methyl sites for hydroxylation is 1. The van der Waals surface area contributed by atoms with E-state index in [4.69, 9.17) is 4.74 Å². The highest BCUT2D eigenvalue weighted by molar-refractivity contribution is 6.06. The maximum atomic E-state index is 13.5. The predicted octanol–water partition coefficient (Wildman–Crippen LogP) is 4.45. The first-order valence-corrected chi connectivity index (χ1v) is 12.8. The van der Waals surface area contributed by atoms with E-state index < -0.39 is 0 Å². The lowest BCUT2D eigenvalue weighted by Crippen LogP contribution is -2.41. The van der Waals surface area contributed by atoms with Crippen LogP contribution in [0.15, 0.2) is 72.8 Å². The standard InChI is InChI=1S/C30H31FN4O3/c1-21-2-6-23(7-3-21)29(36)33-26-10-11-27-24(18-26)19-28(35(27)20-22-4-8-25(31)9-5-22)30(37)32-12-13-34-14-16-38-17-15-34/h2-11,18-19H,12-17,20H2,1H3,(H,32,37)(H,33,36). The summed E-state index contributed by atoms with van der Waals surface area (Å²) in [4.78, 5) is 28.3. The molecule has 0 unspecified atom stereocenters. The van der Waals surface area contributed by atoms with Gasteiger partial charge >= 0.3 is 0 Å². The lowest BCUT2D eigenvalue weighted by molar-refractivity contribution is 0.0383. The first-order chi connectivity index (χ1) is 18.5. The van der Waals surface area contributed by atoms with Gasteiger partial charge < -0.3 is 19.9 Å². The summed E-state index contributed by atoms with van der Waals surface area (Å²) in [6, 6.07) is 21.1. The van der Waals surface area contributed by atoms with Crippen molar-refractivity contribution < 1.29 is 18.7 Å². The Kier molecular flexibility index (Phi) is 7.81. The molecule has 1 aliphatic rings. The van der Waals surface area contributed by atoms with Crippen LogP contribution in [-0.4, -0.2) is 60.7 Å². The first kappa shape index (κ1) is 25.6. The van der Waals surface area contributed by atoms with Crippen molar-refractivity contribution in [1.82, 2.24) is 14.8 Å². The van der Waals surface area contributed by atoms with Gasteiger partial charge in [0.25, 0.3) is 11.8 Å². The summed E-state index contributed by atoms with van der Waals surface area (Å²) < 4.78 is 20.8. The van der Waals surface area contributed by atoms with Crippen LogP contribution in [0.2, 0.25) is 0 Å². The Bertz CT molecular complexity index is 1420. The quantitative estimate of drug-likeness (QED) is 0.364. The minimum Gasteiger partial charge on any atom is -0.379 e. The molecule has 5 rings (SSSR count). The summed E-state index contributed by atoms with van der Waals surface area (Å²) >= 11 is 0. The minimum absolute atomic E-state index is 0.179. The monoisotopic (exact) mass is 514 g/mol. The molecule has 0 bridgehead atoms. The van der Waals surface area contributed by atoms with Crippen molar-refractivity contribution >= 4 is 28.4 Å². The van der Waals surface area contributed by atoms with E-state index in [-0.39, 0.29) is 17.6 Å². The van der Waals surface area contributed by atoms with Crippen LogP contribution in [0.5, 0.6) is 0 Å². The van der Waals surface area contributed by atoms with Crippen molar-refractivity contribution in [2.75, 3.05) is 44.7 Å². The van der Waals surface area contributed by atoms with Crippen molar-refractivity contribution in [1.29, 1.82) is 0 Å². The molecule has 1 aromatic heterocycles. The smallest absolute Gasteiger partial charge is 0.267 e. The normalized spacial score (nSPS) is 13.9. The fourth-order valence-electron chi connectivity index (χ4n) is 4.63. The van der Waals surface area contributed by atoms with Crippen LogP contribution in [0.3, 0.4) is 0 Å². The average Bonchev–Trinajstić information content (AvgIpc) is 3.28. The van der Waals surface area contributed by atoms with Crippen LogP contribution in [0.1, 0.15) is 32.0 Å². The molecule has 196 valence electrons. The van der Waals surface area contributed by atoms with Gasteiger partial charge in [-0.1, -0.05) is 29.8 Å². The van der Waals surface area contributed by atoms with Crippen molar-refractivity contribution in [3.63, 3.8) is 0 Å². The van der Waals surface area contributed by atoms with Gasteiger partial charge in [0.15, 0.2) is 0 Å². The number of nitrogens with zero attached hydrogens (tertiary/aromatic N) is 2. The highest BCUT2D eigenvalue weighted by Crippen LogP contribution is 2.25.